The highest BCUT2D eigenvalue weighted by Crippen LogP contribution is 2.04. The molecule has 0 saturated heterocycles. The fourth-order valence-electron chi connectivity index (χ4n) is 2.85. The fraction of sp³-hybridized carbons (Fsp3) is 0.680. The Labute approximate surface area is 208 Å². The van der Waals surface area contributed by atoms with E-state index in [1.807, 2.05) is 4.90 Å². The van der Waals surface area contributed by atoms with Crippen LogP contribution in [0.5, 0.6) is 0 Å². The number of unbranched alkanes of at least 4 members (excludes halogenated alkanes) is 4. The van der Waals surface area contributed by atoms with Crippen LogP contribution < -0.4 is 0 Å². The van der Waals surface area contributed by atoms with Crippen molar-refractivity contribution in [2.45, 2.75) is 57.8 Å². The largest absolute Gasteiger partial charge is 0.466 e. The van der Waals surface area contributed by atoms with Crippen molar-refractivity contribution in [3.8, 4) is 0 Å². The van der Waals surface area contributed by atoms with E-state index in [0.717, 1.165) is 25.0 Å². The van der Waals surface area contributed by atoms with Gasteiger partial charge in [0, 0.05) is 31.8 Å². The van der Waals surface area contributed by atoms with Crippen molar-refractivity contribution >= 4 is 23.9 Å². The number of rotatable bonds is 23. The highest BCUT2D eigenvalue weighted by atomic mass is 16.5. The lowest BCUT2D eigenvalue weighted by molar-refractivity contribution is -0.145. The number of hydrogen-bond donors (Lipinski definition) is 1. The van der Waals surface area contributed by atoms with Crippen LogP contribution in [0.3, 0.4) is 0 Å². The fourth-order valence-corrected chi connectivity index (χ4v) is 2.85. The predicted octanol–water partition coefficient (Wildman–Crippen LogP) is 2.34. The lowest BCUT2D eigenvalue weighted by atomic mass is 10.2. The first-order chi connectivity index (χ1) is 16.9. The minimum atomic E-state index is -0.475. The second kappa shape index (κ2) is 23.0. The second-order valence-electron chi connectivity index (χ2n) is 7.72. The number of nitrogens with zero attached hydrogens (tertiary/aromatic N) is 1. The minimum absolute atomic E-state index is 0.137. The summed E-state index contributed by atoms with van der Waals surface area (Å²) < 4.78 is 20.1. The van der Waals surface area contributed by atoms with Crippen LogP contribution in [0.25, 0.3) is 0 Å². The molecule has 0 spiro atoms. The van der Waals surface area contributed by atoms with Crippen LogP contribution in [-0.2, 0) is 38.1 Å². The average Bonchev–Trinajstić information content (AvgIpc) is 2.86. The zero-order valence-electron chi connectivity index (χ0n) is 20.8. The lowest BCUT2D eigenvalue weighted by Gasteiger charge is -2.21. The maximum absolute atomic E-state index is 12.0. The lowest BCUT2D eigenvalue weighted by Crippen LogP contribution is -2.30. The van der Waals surface area contributed by atoms with Gasteiger partial charge in [0.05, 0.1) is 39.3 Å². The van der Waals surface area contributed by atoms with E-state index in [2.05, 4.69) is 13.2 Å². The molecule has 10 heteroatoms. The van der Waals surface area contributed by atoms with E-state index in [-0.39, 0.29) is 57.8 Å². The Morgan fingerprint density at radius 2 is 1.03 bits per heavy atom. The number of carbonyl (C=O) groups is 4. The van der Waals surface area contributed by atoms with Crippen LogP contribution >= 0.6 is 0 Å². The molecule has 0 unspecified atom stereocenters. The Kier molecular flexibility index (Phi) is 21.3. The average molecular weight is 500 g/mol. The van der Waals surface area contributed by atoms with Crippen LogP contribution in [0.2, 0.25) is 0 Å². The molecule has 0 aromatic heterocycles. The number of carbonyl (C=O) groups excluding carboxylic acids is 4. The van der Waals surface area contributed by atoms with Crippen molar-refractivity contribution in [1.82, 2.24) is 4.90 Å². The molecule has 0 rings (SSSR count). The molecule has 0 saturated carbocycles. The van der Waals surface area contributed by atoms with Crippen molar-refractivity contribution in [1.29, 1.82) is 0 Å². The van der Waals surface area contributed by atoms with Crippen LogP contribution in [0.4, 0.5) is 0 Å². The molecule has 0 aliphatic carbocycles. The van der Waals surface area contributed by atoms with Crippen molar-refractivity contribution in [2.24, 2.45) is 0 Å². The standard InChI is InChI=1S/C25H41NO9/c1-3-22(28)32-18-8-10-20-34-24(30)12-15-26(14-6-5-7-17-27)16-13-25(31)35-21-11-9-19-33-23(29)4-2/h3-4,27H,1-2,5-21H2. The van der Waals surface area contributed by atoms with E-state index in [4.69, 9.17) is 24.1 Å². The first-order valence-electron chi connectivity index (χ1n) is 12.2. The molecule has 0 fully saturated rings. The van der Waals surface area contributed by atoms with Crippen molar-refractivity contribution in [3.63, 3.8) is 0 Å². The van der Waals surface area contributed by atoms with E-state index >= 15 is 0 Å². The number of ether oxygens (including phenoxy) is 4. The Morgan fingerprint density at radius 1 is 0.600 bits per heavy atom. The van der Waals surface area contributed by atoms with E-state index in [9.17, 15) is 19.2 Å². The van der Waals surface area contributed by atoms with Crippen molar-refractivity contribution in [2.75, 3.05) is 52.7 Å². The zero-order valence-corrected chi connectivity index (χ0v) is 20.8. The predicted molar refractivity (Wildman–Crippen MR) is 129 cm³/mol. The van der Waals surface area contributed by atoms with Crippen LogP contribution in [0.1, 0.15) is 57.8 Å². The molecule has 10 nitrogen and oxygen atoms in total. The topological polar surface area (TPSA) is 129 Å². The van der Waals surface area contributed by atoms with Gasteiger partial charge in [-0.05, 0) is 51.5 Å². The van der Waals surface area contributed by atoms with Gasteiger partial charge in [-0.2, -0.15) is 0 Å². The molecule has 0 bridgehead atoms. The Balaban J connectivity index is 4.13. The van der Waals surface area contributed by atoms with Crippen molar-refractivity contribution < 1.29 is 43.2 Å². The van der Waals surface area contributed by atoms with E-state index in [1.165, 1.54) is 0 Å². The van der Waals surface area contributed by atoms with Gasteiger partial charge in [-0.25, -0.2) is 9.59 Å². The summed E-state index contributed by atoms with van der Waals surface area (Å²) in [7, 11) is 0. The Bertz CT molecular complexity index is 588. The summed E-state index contributed by atoms with van der Waals surface area (Å²) in [6, 6.07) is 0. The maximum Gasteiger partial charge on any atom is 0.330 e. The summed E-state index contributed by atoms with van der Waals surface area (Å²) in [5.74, 6) is -1.60. The summed E-state index contributed by atoms with van der Waals surface area (Å²) in [4.78, 5) is 48.0. The van der Waals surface area contributed by atoms with Crippen molar-refractivity contribution in [3.05, 3.63) is 25.3 Å². The van der Waals surface area contributed by atoms with Gasteiger partial charge < -0.3 is 29.0 Å². The number of esters is 4. The van der Waals surface area contributed by atoms with E-state index in [0.29, 0.717) is 51.7 Å². The van der Waals surface area contributed by atoms with Gasteiger partial charge in [0.15, 0.2) is 0 Å². The van der Waals surface area contributed by atoms with Gasteiger partial charge in [-0.15, -0.1) is 0 Å². The van der Waals surface area contributed by atoms with Crippen LogP contribution in [-0.4, -0.2) is 86.6 Å². The zero-order chi connectivity index (χ0) is 26.2. The first kappa shape index (κ1) is 32.3. The number of aliphatic hydroxyl groups is 1. The molecule has 0 amide bonds. The Hall–Kier alpha value is -2.72. The quantitative estimate of drug-likeness (QED) is 0.0968. The van der Waals surface area contributed by atoms with E-state index in [1.54, 1.807) is 0 Å². The third-order valence-electron chi connectivity index (χ3n) is 4.82. The third-order valence-corrected chi connectivity index (χ3v) is 4.82. The van der Waals surface area contributed by atoms with Crippen LogP contribution in [0.15, 0.2) is 25.3 Å². The maximum atomic E-state index is 12.0. The van der Waals surface area contributed by atoms with Gasteiger partial charge in [0.2, 0.25) is 0 Å². The third kappa shape index (κ3) is 21.5. The second-order valence-corrected chi connectivity index (χ2v) is 7.72. The van der Waals surface area contributed by atoms with Gasteiger partial charge in [0.1, 0.15) is 0 Å². The number of aliphatic hydroxyl groups excluding tert-OH is 1. The summed E-state index contributed by atoms with van der Waals surface area (Å²) in [6.07, 6.45) is 7.36. The molecule has 0 aromatic rings. The molecule has 0 atom stereocenters. The molecular formula is C25H41NO9. The summed E-state index contributed by atoms with van der Waals surface area (Å²) in [6.45, 7) is 9.38. The van der Waals surface area contributed by atoms with Gasteiger partial charge in [0.25, 0.3) is 0 Å². The normalized spacial score (nSPS) is 10.5. The van der Waals surface area contributed by atoms with E-state index < -0.39 is 11.9 Å². The van der Waals surface area contributed by atoms with Gasteiger partial charge >= 0.3 is 23.9 Å². The molecule has 0 radical (unpaired) electrons. The SMILES string of the molecule is C=CC(=O)OCCCCOC(=O)CCN(CCCCCO)CCC(=O)OCCCCOC(=O)C=C. The molecular weight excluding hydrogens is 458 g/mol. The molecule has 200 valence electrons. The molecule has 35 heavy (non-hydrogen) atoms. The van der Waals surface area contributed by atoms with Gasteiger partial charge in [-0.1, -0.05) is 13.2 Å². The summed E-state index contributed by atoms with van der Waals surface area (Å²) in [5.41, 5.74) is 0. The molecule has 1 N–H and O–H groups in total. The Morgan fingerprint density at radius 3 is 1.43 bits per heavy atom. The minimum Gasteiger partial charge on any atom is -0.466 e. The highest BCUT2D eigenvalue weighted by Gasteiger charge is 2.12. The molecule has 0 aromatic carbocycles. The highest BCUT2D eigenvalue weighted by molar-refractivity contribution is 5.81. The smallest absolute Gasteiger partial charge is 0.330 e. The monoisotopic (exact) mass is 499 g/mol. The summed E-state index contributed by atoms with van der Waals surface area (Å²) in [5, 5.41) is 8.94. The molecule has 0 aliphatic heterocycles. The van der Waals surface area contributed by atoms with Gasteiger partial charge in [-0.3, -0.25) is 9.59 Å². The van der Waals surface area contributed by atoms with Crippen LogP contribution in [0, 0.1) is 0 Å². The molecule has 0 heterocycles. The molecule has 0 aliphatic rings. The summed E-state index contributed by atoms with van der Waals surface area (Å²) >= 11 is 0. The number of hydrogen-bond acceptors (Lipinski definition) is 10. The first-order valence-corrected chi connectivity index (χ1v) is 12.2.